The van der Waals surface area contributed by atoms with Crippen LogP contribution in [0.5, 0.6) is 0 Å². The molecule has 0 spiro atoms. The van der Waals surface area contributed by atoms with Gasteiger partial charge in [0.05, 0.1) is 11.3 Å². The van der Waals surface area contributed by atoms with E-state index >= 15 is 0 Å². The van der Waals surface area contributed by atoms with Gasteiger partial charge in [-0.2, -0.15) is 0 Å². The van der Waals surface area contributed by atoms with Crippen LogP contribution in [-0.2, 0) is 23.0 Å². The van der Waals surface area contributed by atoms with Gasteiger partial charge < -0.3 is 9.84 Å². The third kappa shape index (κ3) is 5.03. The first-order valence-electron chi connectivity index (χ1n) is 12.0. The number of ether oxygens (including phenoxy) is 1. The second-order valence-electron chi connectivity index (χ2n) is 8.99. The Kier molecular flexibility index (Phi) is 6.63. The minimum absolute atomic E-state index is 0.0134. The third-order valence-corrected chi connectivity index (χ3v) is 9.68. The molecule has 4 heterocycles. The molecule has 196 valence electrons. The maximum absolute atomic E-state index is 12.7. The number of aromatic nitrogens is 3. The maximum Gasteiger partial charge on any atom is 0.413 e. The van der Waals surface area contributed by atoms with Crippen molar-refractivity contribution in [3.8, 4) is 21.0 Å². The number of thiophene rings is 3. The van der Waals surface area contributed by atoms with Crippen molar-refractivity contribution < 1.29 is 19.4 Å². The number of fused-ring (bicyclic) bond motifs is 2. The Labute approximate surface area is 235 Å². The van der Waals surface area contributed by atoms with Gasteiger partial charge in [-0.1, -0.05) is 41.6 Å². The van der Waals surface area contributed by atoms with Gasteiger partial charge in [0.15, 0.2) is 5.82 Å². The molecule has 2 N–H and O–H groups in total. The maximum atomic E-state index is 12.7. The molecule has 6 aromatic rings. The molecular weight excluding hydrogens is 553 g/mol. The summed E-state index contributed by atoms with van der Waals surface area (Å²) in [4.78, 5) is 25.9. The molecule has 0 aliphatic heterocycles. The summed E-state index contributed by atoms with van der Waals surface area (Å²) in [5, 5.41) is 23.4. The molecule has 0 bridgehead atoms. The molecule has 1 unspecified atom stereocenters. The van der Waals surface area contributed by atoms with Crippen molar-refractivity contribution >= 4 is 71.4 Å². The highest BCUT2D eigenvalue weighted by Gasteiger charge is 2.21. The fourth-order valence-corrected chi connectivity index (χ4v) is 7.69. The molecule has 0 saturated heterocycles. The number of aliphatic carboxylic acids is 1. The number of carbonyl (C=O) groups is 2. The van der Waals surface area contributed by atoms with Gasteiger partial charge in [-0.3, -0.25) is 10.1 Å². The molecule has 1 atom stereocenters. The fraction of sp³-hybridized carbons (Fsp3) is 0.143. The highest BCUT2D eigenvalue weighted by atomic mass is 32.1. The van der Waals surface area contributed by atoms with Crippen LogP contribution in [0, 0.1) is 0 Å². The number of carbonyl (C=O) groups excluding carboxylic acids is 1. The average molecular weight is 575 g/mol. The molecule has 8 nitrogen and oxygen atoms in total. The van der Waals surface area contributed by atoms with Gasteiger partial charge in [0.1, 0.15) is 11.8 Å². The summed E-state index contributed by atoms with van der Waals surface area (Å²) in [7, 11) is 1.72. The summed E-state index contributed by atoms with van der Waals surface area (Å²) in [6.07, 6.45) is -0.973. The first-order valence-corrected chi connectivity index (χ1v) is 14.6. The number of amides is 1. The molecule has 0 aliphatic carbocycles. The molecule has 4 aromatic heterocycles. The van der Waals surface area contributed by atoms with Crippen molar-refractivity contribution in [1.82, 2.24) is 15.0 Å². The van der Waals surface area contributed by atoms with Crippen molar-refractivity contribution in [3.63, 3.8) is 0 Å². The molecular formula is C28H22N4O4S3. The van der Waals surface area contributed by atoms with Crippen LogP contribution in [0.3, 0.4) is 0 Å². The number of aryl methyl sites for hydroxylation is 1. The minimum atomic E-state index is -0.832. The van der Waals surface area contributed by atoms with E-state index in [4.69, 9.17) is 4.74 Å². The van der Waals surface area contributed by atoms with Crippen LogP contribution in [-0.4, -0.2) is 32.2 Å². The van der Waals surface area contributed by atoms with Crippen LogP contribution < -0.4 is 5.32 Å². The molecule has 6 rings (SSSR count). The fourth-order valence-electron chi connectivity index (χ4n) is 4.37. The SMILES string of the molecule is CC(OC(=O)Nc1c(-c2cc3sc(-c4ccc5scc(CC(=O)O)c5c4)cc3s2)nnn1C)c1ccccc1. The van der Waals surface area contributed by atoms with Crippen molar-refractivity contribution in [2.75, 3.05) is 5.32 Å². The molecule has 0 aliphatic rings. The van der Waals surface area contributed by atoms with Gasteiger partial charge in [0, 0.05) is 26.0 Å². The van der Waals surface area contributed by atoms with Gasteiger partial charge in [-0.15, -0.1) is 39.1 Å². The Morgan fingerprint density at radius 2 is 1.77 bits per heavy atom. The lowest BCUT2D eigenvalue weighted by atomic mass is 10.1. The zero-order valence-electron chi connectivity index (χ0n) is 20.9. The van der Waals surface area contributed by atoms with Crippen molar-refractivity contribution in [2.45, 2.75) is 19.4 Å². The number of carboxylic acid groups (broad SMARTS) is 1. The summed E-state index contributed by atoms with van der Waals surface area (Å²) in [5.41, 5.74) is 3.38. The van der Waals surface area contributed by atoms with Crippen LogP contribution in [0.1, 0.15) is 24.2 Å². The molecule has 1 amide bonds. The molecule has 0 saturated carbocycles. The molecule has 39 heavy (non-hydrogen) atoms. The van der Waals surface area contributed by atoms with E-state index in [-0.39, 0.29) is 6.42 Å². The smallest absolute Gasteiger partial charge is 0.413 e. The highest BCUT2D eigenvalue weighted by molar-refractivity contribution is 7.31. The summed E-state index contributed by atoms with van der Waals surface area (Å²) < 4.78 is 10.4. The van der Waals surface area contributed by atoms with Gasteiger partial charge in [0.25, 0.3) is 0 Å². The van der Waals surface area contributed by atoms with Crippen molar-refractivity contribution in [3.05, 3.63) is 77.2 Å². The van der Waals surface area contributed by atoms with Gasteiger partial charge in [0.2, 0.25) is 0 Å². The van der Waals surface area contributed by atoms with E-state index in [1.54, 1.807) is 41.1 Å². The third-order valence-electron chi connectivity index (χ3n) is 6.32. The summed E-state index contributed by atoms with van der Waals surface area (Å²) in [6.45, 7) is 1.82. The van der Waals surface area contributed by atoms with E-state index in [1.807, 2.05) is 42.6 Å². The van der Waals surface area contributed by atoms with Crippen LogP contribution in [0.2, 0.25) is 0 Å². The Bertz CT molecular complexity index is 1800. The standard InChI is InChI=1S/C28H22N4O4S3/c1-15(16-6-4-3-5-7-16)36-28(35)29-27-26(30-31-32(27)2)24-13-23-22(39-24)12-21(38-23)17-8-9-20-19(10-17)18(14-37-20)11-25(33)34/h3-10,12-15H,11H2,1-2H3,(H,29,35)(H,33,34). The quantitative estimate of drug-likeness (QED) is 0.204. The number of nitrogens with one attached hydrogen (secondary N) is 1. The molecule has 0 fully saturated rings. The van der Waals surface area contributed by atoms with Crippen molar-refractivity contribution in [1.29, 1.82) is 0 Å². The lowest BCUT2D eigenvalue weighted by Gasteiger charge is -2.14. The zero-order valence-corrected chi connectivity index (χ0v) is 23.3. The Hall–Kier alpha value is -4.06. The number of nitrogens with zero attached hydrogens (tertiary/aromatic N) is 3. The Balaban J connectivity index is 1.24. The number of anilines is 1. The zero-order chi connectivity index (χ0) is 27.1. The monoisotopic (exact) mass is 574 g/mol. The van der Waals surface area contributed by atoms with Crippen LogP contribution in [0.4, 0.5) is 10.6 Å². The summed E-state index contributed by atoms with van der Waals surface area (Å²) in [5.74, 6) is -0.371. The predicted molar refractivity (Wildman–Crippen MR) is 157 cm³/mol. The van der Waals surface area contributed by atoms with Gasteiger partial charge in [-0.25, -0.2) is 9.48 Å². The average Bonchev–Trinajstić information content (AvgIpc) is 3.68. The van der Waals surface area contributed by atoms with Gasteiger partial charge in [-0.05, 0) is 58.6 Å². The second kappa shape index (κ2) is 10.3. The van der Waals surface area contributed by atoms with E-state index in [9.17, 15) is 14.7 Å². The second-order valence-corrected chi connectivity index (χ2v) is 12.1. The first kappa shape index (κ1) is 25.2. The molecule has 11 heteroatoms. The van der Waals surface area contributed by atoms with E-state index in [0.29, 0.717) is 11.5 Å². The number of hydrogen-bond acceptors (Lipinski definition) is 8. The van der Waals surface area contributed by atoms with E-state index in [0.717, 1.165) is 45.9 Å². The van der Waals surface area contributed by atoms with Crippen LogP contribution in [0.25, 0.3) is 40.5 Å². The number of rotatable bonds is 7. The number of hydrogen-bond donors (Lipinski definition) is 2. The largest absolute Gasteiger partial charge is 0.481 e. The molecule has 2 aromatic carbocycles. The van der Waals surface area contributed by atoms with Crippen molar-refractivity contribution in [2.24, 2.45) is 7.05 Å². The van der Waals surface area contributed by atoms with Crippen LogP contribution in [0.15, 0.2) is 66.0 Å². The van der Waals surface area contributed by atoms with Crippen LogP contribution >= 0.6 is 34.0 Å². The lowest BCUT2D eigenvalue weighted by Crippen LogP contribution is -2.18. The lowest BCUT2D eigenvalue weighted by molar-refractivity contribution is -0.136. The van der Waals surface area contributed by atoms with E-state index in [1.165, 1.54) is 4.68 Å². The summed E-state index contributed by atoms with van der Waals surface area (Å²) in [6, 6.07) is 19.9. The number of carboxylic acids is 1. The first-order chi connectivity index (χ1) is 18.9. The van der Waals surface area contributed by atoms with E-state index < -0.39 is 18.2 Å². The summed E-state index contributed by atoms with van der Waals surface area (Å²) >= 11 is 4.80. The Morgan fingerprint density at radius 1 is 1.03 bits per heavy atom. The predicted octanol–water partition coefficient (Wildman–Crippen LogP) is 7.58. The highest BCUT2D eigenvalue weighted by Crippen LogP contribution is 2.43. The van der Waals surface area contributed by atoms with E-state index in [2.05, 4.69) is 46.0 Å². The topological polar surface area (TPSA) is 106 Å². The number of benzene rings is 2. The molecule has 0 radical (unpaired) electrons. The normalized spacial score (nSPS) is 12.2. The Morgan fingerprint density at radius 3 is 2.54 bits per heavy atom. The minimum Gasteiger partial charge on any atom is -0.481 e. The van der Waals surface area contributed by atoms with Gasteiger partial charge >= 0.3 is 12.1 Å².